The van der Waals surface area contributed by atoms with Crippen LogP contribution in [0.4, 0.5) is 11.6 Å². The van der Waals surface area contributed by atoms with Crippen molar-refractivity contribution < 1.29 is 0 Å². The number of benzene rings is 2. The number of fused-ring (bicyclic) bond motifs is 2. The lowest BCUT2D eigenvalue weighted by Gasteiger charge is -2.16. The van der Waals surface area contributed by atoms with Gasteiger partial charge in [0.05, 0.1) is 17.1 Å². The molecular weight excluding hydrogens is 360 g/mol. The smallest absolute Gasteiger partial charge is 0.245 e. The minimum atomic E-state index is 0.505. The molecule has 1 aliphatic rings. The van der Waals surface area contributed by atoms with Gasteiger partial charge in [0, 0.05) is 25.3 Å². The third kappa shape index (κ3) is 4.27. The van der Waals surface area contributed by atoms with Gasteiger partial charge in [-0.25, -0.2) is 9.97 Å². The highest BCUT2D eigenvalue weighted by atomic mass is 15.2. The average Bonchev–Trinajstić information content (AvgIpc) is 2.77. The molecule has 2 N–H and O–H groups in total. The number of aromatic amines is 1. The summed E-state index contributed by atoms with van der Waals surface area (Å²) in [5.41, 5.74) is 7.04. The van der Waals surface area contributed by atoms with Gasteiger partial charge in [-0.05, 0) is 43.7 Å². The largest absolute Gasteiger partial charge is 0.378 e. The van der Waals surface area contributed by atoms with E-state index in [1.54, 1.807) is 0 Å². The van der Waals surface area contributed by atoms with E-state index in [-0.39, 0.29) is 0 Å². The van der Waals surface area contributed by atoms with Gasteiger partial charge in [0.25, 0.3) is 0 Å². The van der Waals surface area contributed by atoms with E-state index >= 15 is 0 Å². The van der Waals surface area contributed by atoms with Crippen LogP contribution in [0.25, 0.3) is 23.0 Å². The van der Waals surface area contributed by atoms with Crippen LogP contribution in [0.3, 0.4) is 0 Å². The summed E-state index contributed by atoms with van der Waals surface area (Å²) in [7, 11) is 4.06. The van der Waals surface area contributed by atoms with Gasteiger partial charge in [-0.1, -0.05) is 42.0 Å². The topological polar surface area (TPSA) is 69.7 Å². The van der Waals surface area contributed by atoms with E-state index in [1.807, 2.05) is 33.2 Å². The summed E-state index contributed by atoms with van der Waals surface area (Å²) in [5.74, 6) is 1.21. The molecule has 6 nitrogen and oxygen atoms in total. The maximum atomic E-state index is 4.70. The Morgan fingerprint density at radius 2 is 1.52 bits per heavy atom. The van der Waals surface area contributed by atoms with Crippen LogP contribution in [0.5, 0.6) is 0 Å². The fourth-order valence-corrected chi connectivity index (χ4v) is 3.09. The summed E-state index contributed by atoms with van der Waals surface area (Å²) < 4.78 is 0. The second-order valence-electron chi connectivity index (χ2n) is 7.30. The lowest BCUT2D eigenvalue weighted by atomic mass is 10.1. The van der Waals surface area contributed by atoms with Crippen LogP contribution < -0.4 is 10.2 Å². The second-order valence-corrected chi connectivity index (χ2v) is 7.30. The number of aryl methyl sites for hydroxylation is 2. The lowest BCUT2D eigenvalue weighted by Crippen LogP contribution is -2.09. The van der Waals surface area contributed by atoms with Crippen LogP contribution in [0.1, 0.15) is 22.6 Å². The number of nitrogens with zero attached hydrogens (tertiary/aromatic N) is 4. The van der Waals surface area contributed by atoms with Crippen molar-refractivity contribution in [1.82, 2.24) is 20.2 Å². The fraction of sp³-hybridized carbons (Fsp3) is 0.174. The maximum absolute atomic E-state index is 4.70. The highest BCUT2D eigenvalue weighted by Gasteiger charge is 2.11. The third-order valence-electron chi connectivity index (χ3n) is 4.71. The van der Waals surface area contributed by atoms with Crippen molar-refractivity contribution in [3.63, 3.8) is 0 Å². The number of hydrogen-bond donors (Lipinski definition) is 2. The SMILES string of the molecule is Cc1ccc(-c2cc3nc(n[nH]c(C)n2)NC(c2ccc(N(C)C)cc2)=C3)cc1. The summed E-state index contributed by atoms with van der Waals surface area (Å²) in [5, 5.41) is 10.6. The molecule has 1 aliphatic heterocycles. The van der Waals surface area contributed by atoms with Crippen molar-refractivity contribution in [2.75, 3.05) is 24.3 Å². The monoisotopic (exact) mass is 384 g/mol. The molecule has 0 fully saturated rings. The summed E-state index contributed by atoms with van der Waals surface area (Å²) in [6, 6.07) is 18.7. The van der Waals surface area contributed by atoms with E-state index in [0.717, 1.165) is 33.9 Å². The first kappa shape index (κ1) is 18.7. The lowest BCUT2D eigenvalue weighted by molar-refractivity contribution is 0.935. The van der Waals surface area contributed by atoms with Crippen molar-refractivity contribution in [2.45, 2.75) is 13.8 Å². The van der Waals surface area contributed by atoms with Gasteiger partial charge < -0.3 is 10.2 Å². The minimum Gasteiger partial charge on any atom is -0.378 e. The number of anilines is 2. The fourth-order valence-electron chi connectivity index (χ4n) is 3.09. The molecule has 0 aliphatic carbocycles. The Morgan fingerprint density at radius 3 is 2.21 bits per heavy atom. The predicted molar refractivity (Wildman–Crippen MR) is 119 cm³/mol. The Kier molecular flexibility index (Phi) is 4.99. The van der Waals surface area contributed by atoms with Crippen molar-refractivity contribution in [3.8, 4) is 11.3 Å². The molecule has 2 aromatic carbocycles. The van der Waals surface area contributed by atoms with Crippen molar-refractivity contribution >= 4 is 23.4 Å². The first-order valence-electron chi connectivity index (χ1n) is 9.51. The molecule has 4 rings (SSSR count). The Morgan fingerprint density at radius 1 is 0.828 bits per heavy atom. The van der Waals surface area contributed by atoms with E-state index < -0.39 is 0 Å². The summed E-state index contributed by atoms with van der Waals surface area (Å²) in [6.45, 7) is 3.96. The highest BCUT2D eigenvalue weighted by Crippen LogP contribution is 2.25. The van der Waals surface area contributed by atoms with E-state index in [2.05, 4.69) is 80.9 Å². The Labute approximate surface area is 170 Å². The van der Waals surface area contributed by atoms with Crippen LogP contribution in [-0.4, -0.2) is 34.3 Å². The van der Waals surface area contributed by atoms with Gasteiger partial charge in [0.2, 0.25) is 5.95 Å². The van der Waals surface area contributed by atoms with Crippen molar-refractivity contribution in [1.29, 1.82) is 0 Å². The summed E-state index contributed by atoms with van der Waals surface area (Å²) in [6.07, 6.45) is 2.02. The number of H-pyrrole nitrogens is 1. The zero-order valence-corrected chi connectivity index (χ0v) is 17.1. The maximum Gasteiger partial charge on any atom is 0.245 e. The molecule has 2 heterocycles. The molecule has 0 saturated heterocycles. The molecular formula is C23H24N6. The molecule has 3 aromatic rings. The average molecular weight is 384 g/mol. The van der Waals surface area contributed by atoms with E-state index in [9.17, 15) is 0 Å². The highest BCUT2D eigenvalue weighted by molar-refractivity contribution is 5.89. The Balaban J connectivity index is 1.81. The molecule has 6 heteroatoms. The van der Waals surface area contributed by atoms with Gasteiger partial charge in [-0.3, -0.25) is 5.10 Å². The van der Waals surface area contributed by atoms with Gasteiger partial charge in [-0.15, -0.1) is 5.10 Å². The van der Waals surface area contributed by atoms with Crippen molar-refractivity contribution in [3.05, 3.63) is 77.2 Å². The van der Waals surface area contributed by atoms with Gasteiger partial charge in [-0.2, -0.15) is 0 Å². The van der Waals surface area contributed by atoms with Crippen LogP contribution in [0.15, 0.2) is 54.6 Å². The number of hydrogen-bond acceptors (Lipinski definition) is 5. The first-order valence-corrected chi connectivity index (χ1v) is 9.51. The normalized spacial score (nSPS) is 11.9. The van der Waals surface area contributed by atoms with E-state index in [4.69, 9.17) is 4.98 Å². The molecule has 0 saturated carbocycles. The van der Waals surface area contributed by atoms with Crippen LogP contribution in [0, 0.1) is 13.8 Å². The Hall–Kier alpha value is -3.67. The molecule has 29 heavy (non-hydrogen) atoms. The van der Waals surface area contributed by atoms with Crippen LogP contribution in [-0.2, 0) is 0 Å². The zero-order chi connectivity index (χ0) is 20.4. The molecule has 1 aromatic heterocycles. The molecule has 0 atom stereocenters. The van der Waals surface area contributed by atoms with E-state index in [1.165, 1.54) is 5.56 Å². The van der Waals surface area contributed by atoms with Crippen LogP contribution in [0.2, 0.25) is 0 Å². The molecule has 2 bridgehead atoms. The third-order valence-corrected chi connectivity index (χ3v) is 4.71. The van der Waals surface area contributed by atoms with Gasteiger partial charge >= 0.3 is 0 Å². The number of nitrogens with one attached hydrogen (secondary N) is 2. The first-order chi connectivity index (χ1) is 14.0. The predicted octanol–water partition coefficient (Wildman–Crippen LogP) is 4.60. The second kappa shape index (κ2) is 7.75. The molecule has 0 unspecified atom stereocenters. The minimum absolute atomic E-state index is 0.505. The summed E-state index contributed by atoms with van der Waals surface area (Å²) in [4.78, 5) is 11.4. The molecule has 146 valence electrons. The van der Waals surface area contributed by atoms with Crippen molar-refractivity contribution in [2.24, 2.45) is 0 Å². The molecule has 0 radical (unpaired) electrons. The van der Waals surface area contributed by atoms with E-state index in [0.29, 0.717) is 11.8 Å². The summed E-state index contributed by atoms with van der Waals surface area (Å²) >= 11 is 0. The van der Waals surface area contributed by atoms with Crippen LogP contribution >= 0.6 is 0 Å². The number of rotatable bonds is 3. The molecule has 0 spiro atoms. The molecule has 0 amide bonds. The quantitative estimate of drug-likeness (QED) is 0.691. The standard InChI is InChI=1S/C23H24N6/c1-15-5-7-17(8-6-15)21-13-19-14-22(18-9-11-20(12-10-18)29(3)4)26-23(25-19)28-27-16(2)24-21/h5-14H,1-4H3,(H,24,27)(H,25,26,28). The van der Waals surface area contributed by atoms with Gasteiger partial charge in [0.1, 0.15) is 5.82 Å². The zero-order valence-electron chi connectivity index (χ0n) is 17.1. The Bertz CT molecular complexity index is 1110. The number of aromatic nitrogens is 4. The van der Waals surface area contributed by atoms with Gasteiger partial charge in [0.15, 0.2) is 0 Å².